The van der Waals surface area contributed by atoms with Gasteiger partial charge in [-0.15, -0.1) is 0 Å². The van der Waals surface area contributed by atoms with Crippen molar-refractivity contribution in [3.05, 3.63) is 70.3 Å². The fraction of sp³-hybridized carbons (Fsp3) is 0.545. The molecule has 2 heterocycles. The SMILES string of the molecule is CCC[C@H]1[C@@H](C)C/C=C\[C@H](O)[C@@H]2CC[C@H]2CN2CCCCc3cc(Cl)ccc3COc3ccc(cc32)C(=O)NS1(=O)=O. The van der Waals surface area contributed by atoms with Crippen LogP contribution in [-0.4, -0.2) is 43.9 Å². The average Bonchev–Trinajstić information content (AvgIpc) is 2.96. The topological polar surface area (TPSA) is 95.9 Å². The summed E-state index contributed by atoms with van der Waals surface area (Å²) in [6, 6.07) is 11.1. The third kappa shape index (κ3) is 6.98. The van der Waals surface area contributed by atoms with E-state index >= 15 is 0 Å². The molecule has 42 heavy (non-hydrogen) atoms. The van der Waals surface area contributed by atoms with Gasteiger partial charge in [-0.2, -0.15) is 0 Å². The summed E-state index contributed by atoms with van der Waals surface area (Å²) in [5.41, 5.74) is 3.31. The maximum atomic E-state index is 13.5. The van der Waals surface area contributed by atoms with Crippen molar-refractivity contribution < 1.29 is 23.1 Å². The Bertz CT molecular complexity index is 1410. The van der Waals surface area contributed by atoms with E-state index in [1.165, 1.54) is 5.56 Å². The number of hydrogen-bond donors (Lipinski definition) is 2. The Labute approximate surface area is 255 Å². The first-order chi connectivity index (χ1) is 20.2. The lowest BCUT2D eigenvalue weighted by atomic mass is 9.70. The minimum Gasteiger partial charge on any atom is -0.487 e. The summed E-state index contributed by atoms with van der Waals surface area (Å²) < 4.78 is 35.7. The number of nitrogens with one attached hydrogen (secondary N) is 1. The number of carbonyl (C=O) groups is 1. The maximum absolute atomic E-state index is 13.5. The van der Waals surface area contributed by atoms with Gasteiger partial charge in [0.15, 0.2) is 0 Å². The number of hydrogen-bond acceptors (Lipinski definition) is 6. The normalized spacial score (nSPS) is 29.0. The molecule has 1 saturated carbocycles. The number of anilines is 1. The van der Waals surface area contributed by atoms with E-state index in [1.807, 2.05) is 44.2 Å². The molecule has 228 valence electrons. The van der Waals surface area contributed by atoms with Crippen LogP contribution in [0.25, 0.3) is 0 Å². The smallest absolute Gasteiger partial charge is 0.264 e. The van der Waals surface area contributed by atoms with E-state index in [9.17, 15) is 18.3 Å². The Morgan fingerprint density at radius 2 is 1.95 bits per heavy atom. The number of aliphatic hydroxyl groups excluding tert-OH is 1. The van der Waals surface area contributed by atoms with Gasteiger partial charge in [0.2, 0.25) is 10.0 Å². The molecule has 1 amide bonds. The highest BCUT2D eigenvalue weighted by Crippen LogP contribution is 2.41. The summed E-state index contributed by atoms with van der Waals surface area (Å²) in [4.78, 5) is 15.7. The number of sulfonamides is 1. The number of aryl methyl sites for hydroxylation is 1. The van der Waals surface area contributed by atoms with Gasteiger partial charge in [-0.25, -0.2) is 13.1 Å². The first-order valence-corrected chi connectivity index (χ1v) is 17.3. The molecule has 9 heteroatoms. The number of carbonyl (C=O) groups excluding carboxylic acids is 1. The van der Waals surface area contributed by atoms with E-state index in [4.69, 9.17) is 16.3 Å². The first-order valence-electron chi connectivity index (χ1n) is 15.4. The molecular weight excluding hydrogens is 572 g/mol. The van der Waals surface area contributed by atoms with Crippen molar-refractivity contribution >= 4 is 33.2 Å². The lowest BCUT2D eigenvalue weighted by Crippen LogP contribution is -2.43. The molecule has 3 aliphatic rings. The molecule has 0 spiro atoms. The number of benzene rings is 2. The van der Waals surface area contributed by atoms with E-state index in [0.717, 1.165) is 56.4 Å². The van der Waals surface area contributed by atoms with Crippen molar-refractivity contribution in [2.45, 2.75) is 83.2 Å². The Hall–Kier alpha value is -2.55. The van der Waals surface area contributed by atoms with Crippen molar-refractivity contribution in [2.75, 3.05) is 18.0 Å². The van der Waals surface area contributed by atoms with Gasteiger partial charge in [0.05, 0.1) is 17.0 Å². The predicted octanol–water partition coefficient (Wildman–Crippen LogP) is 6.27. The van der Waals surface area contributed by atoms with Gasteiger partial charge in [0.25, 0.3) is 5.91 Å². The molecule has 2 bridgehead atoms. The zero-order valence-electron chi connectivity index (χ0n) is 24.6. The minimum absolute atomic E-state index is 0.139. The van der Waals surface area contributed by atoms with Crippen molar-refractivity contribution in [2.24, 2.45) is 17.8 Å². The Kier molecular flexibility index (Phi) is 9.85. The summed E-state index contributed by atoms with van der Waals surface area (Å²) in [5.74, 6) is 0.250. The highest BCUT2D eigenvalue weighted by Gasteiger charge is 2.37. The molecule has 2 N–H and O–H groups in total. The zero-order valence-corrected chi connectivity index (χ0v) is 26.2. The van der Waals surface area contributed by atoms with Gasteiger partial charge in [0.1, 0.15) is 12.4 Å². The van der Waals surface area contributed by atoms with Gasteiger partial charge in [-0.05, 0) is 104 Å². The summed E-state index contributed by atoms with van der Waals surface area (Å²) >= 11 is 6.31. The van der Waals surface area contributed by atoms with Crippen LogP contribution in [0.2, 0.25) is 5.02 Å². The van der Waals surface area contributed by atoms with Gasteiger partial charge in [0, 0.05) is 23.7 Å². The number of halogens is 1. The fourth-order valence-electron chi connectivity index (χ4n) is 6.65. The van der Waals surface area contributed by atoms with Crippen LogP contribution in [0.5, 0.6) is 5.75 Å². The van der Waals surface area contributed by atoms with Crippen LogP contribution in [0.15, 0.2) is 48.6 Å². The molecule has 2 aliphatic heterocycles. The highest BCUT2D eigenvalue weighted by molar-refractivity contribution is 7.90. The van der Waals surface area contributed by atoms with Crippen LogP contribution in [0, 0.1) is 17.8 Å². The Morgan fingerprint density at radius 1 is 1.12 bits per heavy atom. The number of amides is 1. The predicted molar refractivity (Wildman–Crippen MR) is 168 cm³/mol. The Balaban J connectivity index is 1.54. The second kappa shape index (κ2) is 13.4. The van der Waals surface area contributed by atoms with Crippen LogP contribution >= 0.6 is 11.6 Å². The third-order valence-electron chi connectivity index (χ3n) is 9.29. The fourth-order valence-corrected chi connectivity index (χ4v) is 8.65. The first kappa shape index (κ1) is 30.9. The molecule has 0 radical (unpaired) electrons. The van der Waals surface area contributed by atoms with Gasteiger partial charge < -0.3 is 14.7 Å². The van der Waals surface area contributed by atoms with Crippen molar-refractivity contribution in [1.29, 1.82) is 0 Å². The average molecular weight is 615 g/mol. The van der Waals surface area contributed by atoms with Crippen molar-refractivity contribution in [1.82, 2.24) is 4.72 Å². The number of allylic oxidation sites excluding steroid dienone is 1. The van der Waals surface area contributed by atoms with Gasteiger partial charge >= 0.3 is 0 Å². The number of rotatable bonds is 2. The third-order valence-corrected chi connectivity index (χ3v) is 11.5. The monoisotopic (exact) mass is 614 g/mol. The number of aliphatic hydroxyl groups is 1. The van der Waals surface area contributed by atoms with E-state index < -0.39 is 27.3 Å². The molecular formula is C33H43ClN2O5S. The molecule has 0 unspecified atom stereocenters. The standard InChI is InChI=1S/C33H43ClN2O5S/c1-3-7-32-22(2)8-6-10-30(37)28-15-12-25(28)20-36-17-5-4-9-23-18-27(34)14-11-26(23)21-41-31-16-13-24(19-29(31)36)33(38)35-42(32,39)40/h6,10-11,13-14,16,18-19,22,25,28,30,32,37H,3-5,7-9,12,15,17,20-21H2,1-2H3,(H,35,38)/b10-6-/t22-,25-,28+,30-,32-/m0/s1. The summed E-state index contributed by atoms with van der Waals surface area (Å²) in [6.07, 6.45) is 9.60. The van der Waals surface area contributed by atoms with Gasteiger partial charge in [-0.1, -0.05) is 50.1 Å². The lowest BCUT2D eigenvalue weighted by Gasteiger charge is -2.42. The number of fused-ring (bicyclic) bond motifs is 3. The van der Waals surface area contributed by atoms with Gasteiger partial charge in [-0.3, -0.25) is 4.79 Å². The van der Waals surface area contributed by atoms with Crippen LogP contribution in [0.1, 0.15) is 80.3 Å². The number of ether oxygens (including phenoxy) is 1. The van der Waals surface area contributed by atoms with E-state index in [0.29, 0.717) is 42.6 Å². The van der Waals surface area contributed by atoms with E-state index in [2.05, 4.69) is 9.62 Å². The van der Waals surface area contributed by atoms with Crippen LogP contribution in [0.4, 0.5) is 5.69 Å². The Morgan fingerprint density at radius 3 is 2.71 bits per heavy atom. The quantitative estimate of drug-likeness (QED) is 0.387. The van der Waals surface area contributed by atoms with Crippen molar-refractivity contribution in [3.63, 3.8) is 0 Å². The summed E-state index contributed by atoms with van der Waals surface area (Å²) in [6.45, 7) is 5.68. The molecule has 5 rings (SSSR count). The number of nitrogens with zero attached hydrogens (tertiary/aromatic N) is 1. The zero-order chi connectivity index (χ0) is 29.9. The van der Waals surface area contributed by atoms with Crippen molar-refractivity contribution in [3.8, 4) is 5.75 Å². The molecule has 1 fully saturated rings. The highest BCUT2D eigenvalue weighted by atomic mass is 35.5. The van der Waals surface area contributed by atoms with E-state index in [1.54, 1.807) is 18.2 Å². The second-order valence-corrected chi connectivity index (χ2v) is 14.6. The molecule has 2 aromatic rings. The van der Waals surface area contributed by atoms with Crippen LogP contribution in [0.3, 0.4) is 0 Å². The summed E-state index contributed by atoms with van der Waals surface area (Å²) in [7, 11) is -3.93. The molecule has 1 aliphatic carbocycles. The largest absolute Gasteiger partial charge is 0.487 e. The van der Waals surface area contributed by atoms with Crippen LogP contribution < -0.4 is 14.4 Å². The second-order valence-electron chi connectivity index (χ2n) is 12.2. The molecule has 7 nitrogen and oxygen atoms in total. The lowest BCUT2D eigenvalue weighted by molar-refractivity contribution is 0.0461. The molecule has 2 aromatic carbocycles. The molecule has 0 saturated heterocycles. The maximum Gasteiger partial charge on any atom is 0.264 e. The minimum atomic E-state index is -3.93. The molecule has 5 atom stereocenters. The van der Waals surface area contributed by atoms with Crippen LogP contribution in [-0.2, 0) is 23.1 Å². The summed E-state index contributed by atoms with van der Waals surface area (Å²) in [5, 5.41) is 11.1. The molecule has 0 aromatic heterocycles. The van der Waals surface area contributed by atoms with E-state index in [-0.39, 0.29) is 17.4 Å².